The summed E-state index contributed by atoms with van der Waals surface area (Å²) in [5.74, 6) is -1.09. The zero-order chi connectivity index (χ0) is 13.3. The average Bonchev–Trinajstić information content (AvgIpc) is 2.35. The van der Waals surface area contributed by atoms with Crippen LogP contribution in [0.25, 0.3) is 0 Å². The molecule has 94 valence electrons. The molecule has 4 heteroatoms. The van der Waals surface area contributed by atoms with Gasteiger partial charge in [0.2, 0.25) is 0 Å². The van der Waals surface area contributed by atoms with Crippen LogP contribution in [0, 0.1) is 18.6 Å². The summed E-state index contributed by atoms with van der Waals surface area (Å²) < 4.78 is 28.0. The van der Waals surface area contributed by atoms with Gasteiger partial charge in [0, 0.05) is 11.1 Å². The van der Waals surface area contributed by atoms with Crippen LogP contribution in [-0.2, 0) is 0 Å². The van der Waals surface area contributed by atoms with Gasteiger partial charge >= 0.3 is 0 Å². The van der Waals surface area contributed by atoms with Crippen LogP contribution >= 0.6 is 15.9 Å². The SMILES string of the molecule is Cc1cccc(C(O)c2cccc(Br)c2F)c1F. The number of aliphatic hydroxyl groups excluding tert-OH is 1. The zero-order valence-electron chi connectivity index (χ0n) is 9.62. The van der Waals surface area contributed by atoms with Crippen molar-refractivity contribution < 1.29 is 13.9 Å². The minimum absolute atomic E-state index is 0.0499. The first-order chi connectivity index (χ1) is 8.52. The van der Waals surface area contributed by atoms with E-state index in [1.54, 1.807) is 25.1 Å². The standard InChI is InChI=1S/C14H11BrF2O/c1-8-4-2-5-9(12(8)16)14(18)10-6-3-7-11(15)13(10)17/h2-7,14,18H,1H3. The lowest BCUT2D eigenvalue weighted by Gasteiger charge is -2.14. The zero-order valence-corrected chi connectivity index (χ0v) is 11.2. The molecule has 0 saturated heterocycles. The van der Waals surface area contributed by atoms with Gasteiger partial charge in [-0.25, -0.2) is 8.78 Å². The van der Waals surface area contributed by atoms with Gasteiger partial charge in [-0.3, -0.25) is 0 Å². The Balaban J connectivity index is 2.51. The summed E-state index contributed by atoms with van der Waals surface area (Å²) in [6.45, 7) is 1.60. The highest BCUT2D eigenvalue weighted by molar-refractivity contribution is 9.10. The maximum atomic E-state index is 13.9. The molecule has 2 aromatic carbocycles. The Bertz CT molecular complexity index is 533. The topological polar surface area (TPSA) is 20.2 Å². The maximum Gasteiger partial charge on any atom is 0.143 e. The molecule has 1 atom stereocenters. The van der Waals surface area contributed by atoms with Crippen LogP contribution in [0.1, 0.15) is 22.8 Å². The molecule has 0 aromatic heterocycles. The molecular weight excluding hydrogens is 302 g/mol. The molecule has 0 bridgehead atoms. The second-order valence-corrected chi connectivity index (χ2v) is 4.88. The van der Waals surface area contributed by atoms with Gasteiger partial charge in [0.25, 0.3) is 0 Å². The van der Waals surface area contributed by atoms with Crippen LogP contribution in [-0.4, -0.2) is 5.11 Å². The molecule has 0 fully saturated rings. The summed E-state index contributed by atoms with van der Waals surface area (Å²) in [4.78, 5) is 0. The van der Waals surface area contributed by atoms with Crippen molar-refractivity contribution in [3.8, 4) is 0 Å². The van der Waals surface area contributed by atoms with Crippen LogP contribution in [0.15, 0.2) is 40.9 Å². The quantitative estimate of drug-likeness (QED) is 0.884. The highest BCUT2D eigenvalue weighted by Crippen LogP contribution is 2.30. The summed E-state index contributed by atoms with van der Waals surface area (Å²) in [5, 5.41) is 10.1. The number of hydrogen-bond acceptors (Lipinski definition) is 1. The Morgan fingerprint density at radius 3 is 2.22 bits per heavy atom. The van der Waals surface area contributed by atoms with E-state index in [0.717, 1.165) is 0 Å². The van der Waals surface area contributed by atoms with Gasteiger partial charge in [-0.15, -0.1) is 0 Å². The smallest absolute Gasteiger partial charge is 0.143 e. The van der Waals surface area contributed by atoms with Crippen molar-refractivity contribution in [3.63, 3.8) is 0 Å². The number of aliphatic hydroxyl groups is 1. The molecule has 0 aliphatic heterocycles. The number of benzene rings is 2. The van der Waals surface area contributed by atoms with E-state index in [4.69, 9.17) is 0 Å². The van der Waals surface area contributed by atoms with E-state index in [2.05, 4.69) is 15.9 Å². The van der Waals surface area contributed by atoms with Gasteiger partial charge in [0.05, 0.1) is 4.47 Å². The van der Waals surface area contributed by atoms with Crippen molar-refractivity contribution in [2.45, 2.75) is 13.0 Å². The predicted octanol–water partition coefficient (Wildman–Crippen LogP) is 4.12. The molecule has 0 aliphatic rings. The second kappa shape index (κ2) is 5.16. The van der Waals surface area contributed by atoms with E-state index < -0.39 is 17.7 Å². The molecule has 2 rings (SSSR count). The summed E-state index contributed by atoms with van der Waals surface area (Å²) in [5.41, 5.74) is 0.544. The van der Waals surface area contributed by atoms with Crippen molar-refractivity contribution in [1.82, 2.24) is 0 Å². The third-order valence-electron chi connectivity index (χ3n) is 2.79. The van der Waals surface area contributed by atoms with Crippen molar-refractivity contribution >= 4 is 15.9 Å². The number of halogens is 3. The molecule has 18 heavy (non-hydrogen) atoms. The van der Waals surface area contributed by atoms with Gasteiger partial charge in [-0.05, 0) is 34.5 Å². The Kier molecular flexibility index (Phi) is 3.78. The number of hydrogen-bond donors (Lipinski definition) is 1. The molecule has 2 aromatic rings. The molecule has 0 heterocycles. The van der Waals surface area contributed by atoms with Gasteiger partial charge in [0.15, 0.2) is 0 Å². The highest BCUT2D eigenvalue weighted by atomic mass is 79.9. The van der Waals surface area contributed by atoms with Crippen LogP contribution in [0.5, 0.6) is 0 Å². The third kappa shape index (κ3) is 2.31. The average molecular weight is 313 g/mol. The fourth-order valence-electron chi connectivity index (χ4n) is 1.78. The summed E-state index contributed by atoms with van der Waals surface area (Å²) in [7, 11) is 0. The van der Waals surface area contributed by atoms with E-state index >= 15 is 0 Å². The van der Waals surface area contributed by atoms with Crippen molar-refractivity contribution in [3.05, 3.63) is 69.2 Å². The van der Waals surface area contributed by atoms with E-state index in [-0.39, 0.29) is 15.6 Å². The second-order valence-electron chi connectivity index (χ2n) is 4.02. The molecule has 0 radical (unpaired) electrons. The van der Waals surface area contributed by atoms with Crippen LogP contribution in [0.3, 0.4) is 0 Å². The first-order valence-corrected chi connectivity index (χ1v) is 6.18. The van der Waals surface area contributed by atoms with E-state index in [0.29, 0.717) is 5.56 Å². The Morgan fingerprint density at radius 1 is 1.00 bits per heavy atom. The molecule has 0 amide bonds. The van der Waals surface area contributed by atoms with Gasteiger partial charge in [-0.1, -0.05) is 30.3 Å². The molecule has 0 aliphatic carbocycles. The van der Waals surface area contributed by atoms with E-state index in [9.17, 15) is 13.9 Å². The largest absolute Gasteiger partial charge is 0.383 e. The van der Waals surface area contributed by atoms with Gasteiger partial charge in [0.1, 0.15) is 17.7 Å². The Labute approximate surface area is 112 Å². The highest BCUT2D eigenvalue weighted by Gasteiger charge is 2.20. The summed E-state index contributed by atoms with van der Waals surface area (Å²) >= 11 is 3.04. The molecule has 1 N–H and O–H groups in total. The van der Waals surface area contributed by atoms with Gasteiger partial charge in [-0.2, -0.15) is 0 Å². The Morgan fingerprint density at radius 2 is 1.56 bits per heavy atom. The first kappa shape index (κ1) is 13.2. The predicted molar refractivity (Wildman–Crippen MR) is 69.3 cm³/mol. The molecule has 1 nitrogen and oxygen atoms in total. The minimum atomic E-state index is -1.32. The first-order valence-electron chi connectivity index (χ1n) is 5.39. The fraction of sp³-hybridized carbons (Fsp3) is 0.143. The summed E-state index contributed by atoms with van der Waals surface area (Å²) in [6, 6.07) is 9.24. The molecular formula is C14H11BrF2O. The van der Waals surface area contributed by atoms with E-state index in [1.807, 2.05) is 0 Å². The van der Waals surface area contributed by atoms with Crippen molar-refractivity contribution in [1.29, 1.82) is 0 Å². The van der Waals surface area contributed by atoms with Crippen LogP contribution in [0.4, 0.5) is 8.78 Å². The third-order valence-corrected chi connectivity index (χ3v) is 3.40. The minimum Gasteiger partial charge on any atom is -0.383 e. The summed E-state index contributed by atoms with van der Waals surface area (Å²) in [6.07, 6.45) is -1.32. The van der Waals surface area contributed by atoms with Crippen molar-refractivity contribution in [2.75, 3.05) is 0 Å². The van der Waals surface area contributed by atoms with Crippen LogP contribution in [0.2, 0.25) is 0 Å². The van der Waals surface area contributed by atoms with Crippen LogP contribution < -0.4 is 0 Å². The molecule has 0 saturated carbocycles. The lowest BCUT2D eigenvalue weighted by Crippen LogP contribution is -2.06. The van der Waals surface area contributed by atoms with Gasteiger partial charge < -0.3 is 5.11 Å². The Hall–Kier alpha value is -1.26. The van der Waals surface area contributed by atoms with Crippen molar-refractivity contribution in [2.24, 2.45) is 0 Å². The number of rotatable bonds is 2. The maximum absolute atomic E-state index is 13.9. The lowest BCUT2D eigenvalue weighted by atomic mass is 9.99. The normalized spacial score (nSPS) is 12.5. The molecule has 1 unspecified atom stereocenters. The lowest BCUT2D eigenvalue weighted by molar-refractivity contribution is 0.209. The fourth-order valence-corrected chi connectivity index (χ4v) is 2.16. The number of aryl methyl sites for hydroxylation is 1. The van der Waals surface area contributed by atoms with E-state index in [1.165, 1.54) is 18.2 Å². The monoisotopic (exact) mass is 312 g/mol. The molecule has 0 spiro atoms.